The Morgan fingerprint density at radius 1 is 1.08 bits per heavy atom. The van der Waals surface area contributed by atoms with Gasteiger partial charge in [-0.3, -0.25) is 0 Å². The summed E-state index contributed by atoms with van der Waals surface area (Å²) in [5, 5.41) is 8.75. The summed E-state index contributed by atoms with van der Waals surface area (Å²) in [7, 11) is 1.62. The molecule has 1 atom stereocenters. The van der Waals surface area contributed by atoms with Crippen LogP contribution < -0.4 is 14.8 Å². The van der Waals surface area contributed by atoms with E-state index in [1.807, 2.05) is 37.3 Å². The molecule has 0 amide bonds. The highest BCUT2D eigenvalue weighted by Crippen LogP contribution is 2.40. The van der Waals surface area contributed by atoms with E-state index < -0.39 is 6.04 Å². The third-order valence-corrected chi connectivity index (χ3v) is 7.42. The minimum absolute atomic E-state index is 0.362. The van der Waals surface area contributed by atoms with E-state index >= 15 is 0 Å². The van der Waals surface area contributed by atoms with Gasteiger partial charge in [-0.2, -0.15) is 4.98 Å². The summed E-state index contributed by atoms with van der Waals surface area (Å²) in [6, 6.07) is 13.4. The SMILES string of the molecule is CCCCOC(=O)C1=C(C)Nc2nc(SCCCC)nn2C1c1ccc(OCc2cccc(C)c2)c(OC)c1. The van der Waals surface area contributed by atoms with Gasteiger partial charge in [-0.1, -0.05) is 74.3 Å². The topological polar surface area (TPSA) is 87.5 Å². The van der Waals surface area contributed by atoms with Crippen LogP contribution in [0.25, 0.3) is 0 Å². The molecule has 4 rings (SSSR count). The molecule has 0 bridgehead atoms. The van der Waals surface area contributed by atoms with Crippen LogP contribution in [0.4, 0.5) is 5.95 Å². The normalized spacial score (nSPS) is 14.5. The number of nitrogens with zero attached hydrogens (tertiary/aromatic N) is 3. The largest absolute Gasteiger partial charge is 0.493 e. The molecule has 1 N–H and O–H groups in total. The van der Waals surface area contributed by atoms with E-state index in [9.17, 15) is 4.79 Å². The zero-order chi connectivity index (χ0) is 27.8. The Bertz CT molecular complexity index is 1320. The van der Waals surface area contributed by atoms with Crippen LogP contribution in [0, 0.1) is 6.92 Å². The molecule has 3 aromatic rings. The number of ether oxygens (including phenoxy) is 3. The fourth-order valence-electron chi connectivity index (χ4n) is 4.40. The minimum Gasteiger partial charge on any atom is -0.493 e. The first-order valence-electron chi connectivity index (χ1n) is 13.6. The zero-order valence-corrected chi connectivity index (χ0v) is 24.3. The molecule has 1 aromatic heterocycles. The molecule has 8 nitrogen and oxygen atoms in total. The number of methoxy groups -OCH3 is 1. The lowest BCUT2D eigenvalue weighted by Gasteiger charge is -2.28. The summed E-state index contributed by atoms with van der Waals surface area (Å²) < 4.78 is 19.3. The molecule has 0 aliphatic carbocycles. The Kier molecular flexibility index (Phi) is 9.92. The lowest BCUT2D eigenvalue weighted by Crippen LogP contribution is -2.29. The molecule has 208 valence electrons. The Labute approximate surface area is 235 Å². The summed E-state index contributed by atoms with van der Waals surface area (Å²) >= 11 is 1.62. The predicted molar refractivity (Wildman–Crippen MR) is 154 cm³/mol. The number of carbonyl (C=O) groups excluding carboxylic acids is 1. The Morgan fingerprint density at radius 3 is 2.64 bits per heavy atom. The van der Waals surface area contributed by atoms with Gasteiger partial charge in [0.25, 0.3) is 0 Å². The molecule has 0 saturated heterocycles. The second-order valence-electron chi connectivity index (χ2n) is 9.61. The third kappa shape index (κ3) is 6.95. The van der Waals surface area contributed by atoms with Crippen molar-refractivity contribution in [2.75, 3.05) is 24.8 Å². The van der Waals surface area contributed by atoms with Gasteiger partial charge in [-0.25, -0.2) is 9.48 Å². The van der Waals surface area contributed by atoms with E-state index in [2.05, 4.69) is 38.2 Å². The molecule has 1 aliphatic rings. The Morgan fingerprint density at radius 2 is 1.90 bits per heavy atom. The third-order valence-electron chi connectivity index (χ3n) is 6.49. The number of nitrogens with one attached hydrogen (secondary N) is 1. The van der Waals surface area contributed by atoms with Gasteiger partial charge in [0.2, 0.25) is 11.1 Å². The Hall–Kier alpha value is -3.46. The number of rotatable bonds is 13. The number of hydrogen-bond acceptors (Lipinski definition) is 8. The van der Waals surface area contributed by atoms with Crippen LogP contribution in [0.3, 0.4) is 0 Å². The van der Waals surface area contributed by atoms with E-state index in [-0.39, 0.29) is 5.97 Å². The van der Waals surface area contributed by atoms with Crippen LogP contribution in [-0.2, 0) is 16.1 Å². The lowest BCUT2D eigenvalue weighted by molar-refractivity contribution is -0.139. The van der Waals surface area contributed by atoms with E-state index in [4.69, 9.17) is 24.3 Å². The van der Waals surface area contributed by atoms with E-state index in [0.717, 1.165) is 42.6 Å². The van der Waals surface area contributed by atoms with Crippen LogP contribution in [0.5, 0.6) is 11.5 Å². The second-order valence-corrected chi connectivity index (χ2v) is 10.7. The molecule has 1 aliphatic heterocycles. The van der Waals surface area contributed by atoms with Crippen molar-refractivity contribution in [2.45, 2.75) is 71.2 Å². The highest BCUT2D eigenvalue weighted by molar-refractivity contribution is 7.99. The van der Waals surface area contributed by atoms with Crippen LogP contribution in [-0.4, -0.2) is 40.2 Å². The van der Waals surface area contributed by atoms with E-state index in [0.29, 0.717) is 47.1 Å². The second kappa shape index (κ2) is 13.6. The number of allylic oxidation sites excluding steroid dienone is 1. The average molecular weight is 551 g/mol. The van der Waals surface area contributed by atoms with Crippen molar-refractivity contribution < 1.29 is 19.0 Å². The van der Waals surface area contributed by atoms with Crippen molar-refractivity contribution >= 4 is 23.7 Å². The molecular weight excluding hydrogens is 512 g/mol. The number of hydrogen-bond donors (Lipinski definition) is 1. The number of thioether (sulfide) groups is 1. The monoisotopic (exact) mass is 550 g/mol. The van der Waals surface area contributed by atoms with E-state index in [1.54, 1.807) is 23.6 Å². The van der Waals surface area contributed by atoms with Crippen LogP contribution in [0.2, 0.25) is 0 Å². The first kappa shape index (κ1) is 28.5. The predicted octanol–water partition coefficient (Wildman–Crippen LogP) is 6.70. The molecule has 9 heteroatoms. The number of esters is 1. The number of fused-ring (bicyclic) bond motifs is 1. The highest BCUT2D eigenvalue weighted by Gasteiger charge is 2.35. The van der Waals surface area contributed by atoms with Gasteiger partial charge < -0.3 is 19.5 Å². The molecule has 2 aromatic carbocycles. The summed E-state index contributed by atoms with van der Waals surface area (Å²) in [4.78, 5) is 18.1. The van der Waals surface area contributed by atoms with Crippen molar-refractivity contribution in [2.24, 2.45) is 0 Å². The number of unbranched alkanes of at least 4 members (excludes halogenated alkanes) is 2. The molecular formula is C30H38N4O4S. The number of carbonyl (C=O) groups is 1. The summed E-state index contributed by atoms with van der Waals surface area (Å²) in [5.41, 5.74) is 4.29. The summed E-state index contributed by atoms with van der Waals surface area (Å²) in [5.74, 6) is 2.37. The molecule has 39 heavy (non-hydrogen) atoms. The quantitative estimate of drug-likeness (QED) is 0.143. The van der Waals surface area contributed by atoms with Crippen LogP contribution >= 0.6 is 11.8 Å². The van der Waals surface area contributed by atoms with Crippen molar-refractivity contribution in [3.05, 3.63) is 70.4 Å². The molecule has 0 fully saturated rings. The molecule has 1 unspecified atom stereocenters. The fraction of sp³-hybridized carbons (Fsp3) is 0.433. The first-order chi connectivity index (χ1) is 18.9. The standard InChI is InChI=1S/C30H38N4O4S/c1-6-8-15-37-28(35)26-21(4)31-29-32-30(39-16-9-7-2)33-34(29)27(26)23-13-14-24(25(18-23)36-5)38-19-22-12-10-11-20(3)17-22/h10-14,17-18,27H,6-9,15-16,19H2,1-5H3,(H,31,32,33). The molecule has 0 saturated carbocycles. The fourth-order valence-corrected chi connectivity index (χ4v) is 5.31. The van der Waals surface area contributed by atoms with Gasteiger partial charge in [0.1, 0.15) is 12.6 Å². The lowest BCUT2D eigenvalue weighted by atomic mass is 9.95. The Balaban J connectivity index is 1.67. The van der Waals surface area contributed by atoms with Gasteiger partial charge in [0, 0.05) is 11.4 Å². The van der Waals surface area contributed by atoms with Crippen molar-refractivity contribution in [3.8, 4) is 11.5 Å². The van der Waals surface area contributed by atoms with Crippen molar-refractivity contribution in [1.29, 1.82) is 0 Å². The maximum Gasteiger partial charge on any atom is 0.338 e. The van der Waals surface area contributed by atoms with Gasteiger partial charge in [-0.05, 0) is 49.9 Å². The van der Waals surface area contributed by atoms with Crippen molar-refractivity contribution in [1.82, 2.24) is 14.8 Å². The summed E-state index contributed by atoms with van der Waals surface area (Å²) in [6.45, 7) is 8.96. The minimum atomic E-state index is -0.525. The van der Waals surface area contributed by atoms with Crippen LogP contribution in [0.15, 0.2) is 58.9 Å². The summed E-state index contributed by atoms with van der Waals surface area (Å²) in [6.07, 6.45) is 3.94. The first-order valence-corrected chi connectivity index (χ1v) is 14.5. The maximum absolute atomic E-state index is 13.4. The van der Waals surface area contributed by atoms with Gasteiger partial charge in [0.15, 0.2) is 11.5 Å². The van der Waals surface area contributed by atoms with Gasteiger partial charge in [0.05, 0.1) is 19.3 Å². The van der Waals surface area contributed by atoms with Crippen molar-refractivity contribution in [3.63, 3.8) is 0 Å². The van der Waals surface area contributed by atoms with E-state index in [1.165, 1.54) is 5.56 Å². The molecule has 0 radical (unpaired) electrons. The average Bonchev–Trinajstić information content (AvgIpc) is 3.33. The number of anilines is 1. The van der Waals surface area contributed by atoms with Crippen LogP contribution in [0.1, 0.15) is 69.2 Å². The molecule has 2 heterocycles. The number of aryl methyl sites for hydroxylation is 1. The zero-order valence-electron chi connectivity index (χ0n) is 23.5. The highest BCUT2D eigenvalue weighted by atomic mass is 32.2. The number of benzene rings is 2. The maximum atomic E-state index is 13.4. The number of aromatic nitrogens is 3. The van der Waals surface area contributed by atoms with Gasteiger partial charge in [-0.15, -0.1) is 5.10 Å². The smallest absolute Gasteiger partial charge is 0.338 e. The van der Waals surface area contributed by atoms with Gasteiger partial charge >= 0.3 is 5.97 Å². The molecule has 0 spiro atoms.